The van der Waals surface area contributed by atoms with Gasteiger partial charge in [0, 0.05) is 6.04 Å². The first-order valence-corrected chi connectivity index (χ1v) is 5.78. The molecule has 1 saturated carbocycles. The van der Waals surface area contributed by atoms with Crippen LogP contribution in [-0.4, -0.2) is 11.9 Å². The smallest absolute Gasteiger partial charge is 0.224 e. The van der Waals surface area contributed by atoms with Gasteiger partial charge in [-0.1, -0.05) is 25.0 Å². The fourth-order valence-electron chi connectivity index (χ4n) is 2.18. The van der Waals surface area contributed by atoms with E-state index in [1.165, 1.54) is 25.0 Å². The van der Waals surface area contributed by atoms with Crippen molar-refractivity contribution in [2.24, 2.45) is 0 Å². The maximum Gasteiger partial charge on any atom is 0.224 e. The number of amides is 1. The van der Waals surface area contributed by atoms with Crippen LogP contribution < -0.4 is 5.32 Å². The van der Waals surface area contributed by atoms with Crippen LogP contribution in [0.2, 0.25) is 0 Å². The molecule has 0 spiro atoms. The molecule has 0 atom stereocenters. The van der Waals surface area contributed by atoms with Crippen LogP contribution in [0.4, 0.5) is 4.39 Å². The summed E-state index contributed by atoms with van der Waals surface area (Å²) < 4.78 is 12.9. The van der Waals surface area contributed by atoms with Gasteiger partial charge in [0.05, 0.1) is 6.42 Å². The average molecular weight is 221 g/mol. The molecule has 1 fully saturated rings. The zero-order valence-corrected chi connectivity index (χ0v) is 9.21. The third-order valence-corrected chi connectivity index (χ3v) is 2.97. The van der Waals surface area contributed by atoms with E-state index in [2.05, 4.69) is 5.32 Å². The van der Waals surface area contributed by atoms with E-state index >= 15 is 0 Å². The van der Waals surface area contributed by atoms with Crippen molar-refractivity contribution in [2.45, 2.75) is 38.1 Å². The standard InChI is InChI=1S/C13H16FNO/c14-11-5-3-4-10(8-11)9-13(16)15-12-6-1-2-7-12/h3-5,8,12H,1-2,6-7,9H2,(H,15,16). The minimum atomic E-state index is -0.286. The van der Waals surface area contributed by atoms with E-state index in [4.69, 9.17) is 0 Å². The molecule has 1 aromatic rings. The average Bonchev–Trinajstić information content (AvgIpc) is 2.70. The second kappa shape index (κ2) is 5.10. The van der Waals surface area contributed by atoms with E-state index in [-0.39, 0.29) is 18.1 Å². The van der Waals surface area contributed by atoms with Crippen LogP contribution in [0.1, 0.15) is 31.2 Å². The third kappa shape index (κ3) is 3.05. The highest BCUT2D eigenvalue weighted by Gasteiger charge is 2.16. The van der Waals surface area contributed by atoms with Crippen molar-refractivity contribution in [3.8, 4) is 0 Å². The molecule has 0 saturated heterocycles. The van der Waals surface area contributed by atoms with Gasteiger partial charge in [0.1, 0.15) is 5.82 Å². The Balaban J connectivity index is 1.86. The molecule has 0 aromatic heterocycles. The molecule has 1 amide bonds. The van der Waals surface area contributed by atoms with Gasteiger partial charge in [-0.25, -0.2) is 4.39 Å². The van der Waals surface area contributed by atoms with Gasteiger partial charge >= 0.3 is 0 Å². The lowest BCUT2D eigenvalue weighted by Crippen LogP contribution is -2.33. The third-order valence-electron chi connectivity index (χ3n) is 2.97. The number of benzene rings is 1. The quantitative estimate of drug-likeness (QED) is 0.834. The highest BCUT2D eigenvalue weighted by atomic mass is 19.1. The lowest BCUT2D eigenvalue weighted by molar-refractivity contribution is -0.121. The Morgan fingerprint density at radius 1 is 1.38 bits per heavy atom. The van der Waals surface area contributed by atoms with Gasteiger partial charge in [0.15, 0.2) is 0 Å². The van der Waals surface area contributed by atoms with E-state index in [0.717, 1.165) is 18.4 Å². The summed E-state index contributed by atoms with van der Waals surface area (Å²) in [6.07, 6.45) is 4.83. The van der Waals surface area contributed by atoms with Crippen molar-refractivity contribution in [3.63, 3.8) is 0 Å². The molecular formula is C13H16FNO. The highest BCUT2D eigenvalue weighted by molar-refractivity contribution is 5.78. The molecule has 1 aliphatic rings. The predicted molar refractivity (Wildman–Crippen MR) is 60.5 cm³/mol. The maximum absolute atomic E-state index is 12.9. The van der Waals surface area contributed by atoms with Crippen LogP contribution in [0.5, 0.6) is 0 Å². The van der Waals surface area contributed by atoms with Crippen LogP contribution in [0.3, 0.4) is 0 Å². The summed E-state index contributed by atoms with van der Waals surface area (Å²) in [6, 6.07) is 6.54. The first-order chi connectivity index (χ1) is 7.74. The Bertz CT molecular complexity index is 372. The molecule has 2 nitrogen and oxygen atoms in total. The van der Waals surface area contributed by atoms with Gasteiger partial charge < -0.3 is 5.32 Å². The number of nitrogens with one attached hydrogen (secondary N) is 1. The van der Waals surface area contributed by atoms with Crippen LogP contribution in [0, 0.1) is 5.82 Å². The van der Waals surface area contributed by atoms with Crippen LogP contribution in [0.25, 0.3) is 0 Å². The lowest BCUT2D eigenvalue weighted by atomic mass is 10.1. The van der Waals surface area contributed by atoms with E-state index in [0.29, 0.717) is 6.04 Å². The lowest BCUT2D eigenvalue weighted by Gasteiger charge is -2.11. The Hall–Kier alpha value is -1.38. The molecule has 0 bridgehead atoms. The molecular weight excluding hydrogens is 205 g/mol. The first-order valence-electron chi connectivity index (χ1n) is 5.78. The van der Waals surface area contributed by atoms with Crippen LogP contribution in [0.15, 0.2) is 24.3 Å². The van der Waals surface area contributed by atoms with Gasteiger partial charge in [-0.3, -0.25) is 4.79 Å². The Labute approximate surface area is 94.9 Å². The van der Waals surface area contributed by atoms with Gasteiger partial charge in [-0.05, 0) is 30.5 Å². The SMILES string of the molecule is O=C(Cc1cccc(F)c1)NC1CCCC1. The fraction of sp³-hybridized carbons (Fsp3) is 0.462. The van der Waals surface area contributed by atoms with Gasteiger partial charge in [-0.2, -0.15) is 0 Å². The Morgan fingerprint density at radius 3 is 2.81 bits per heavy atom. The molecule has 1 aliphatic carbocycles. The summed E-state index contributed by atoms with van der Waals surface area (Å²) in [4.78, 5) is 11.6. The molecule has 0 unspecified atom stereocenters. The summed E-state index contributed by atoms with van der Waals surface area (Å²) in [5.41, 5.74) is 0.732. The molecule has 0 aliphatic heterocycles. The van der Waals surface area contributed by atoms with Gasteiger partial charge in [0.25, 0.3) is 0 Å². The number of carbonyl (C=O) groups excluding carboxylic acids is 1. The fourth-order valence-corrected chi connectivity index (χ4v) is 2.18. The normalized spacial score (nSPS) is 16.3. The number of halogens is 1. The molecule has 1 aromatic carbocycles. The summed E-state index contributed by atoms with van der Waals surface area (Å²) in [6.45, 7) is 0. The van der Waals surface area contributed by atoms with E-state index < -0.39 is 0 Å². The maximum atomic E-state index is 12.9. The predicted octanol–water partition coefficient (Wildman–Crippen LogP) is 2.43. The van der Waals surface area contributed by atoms with Crippen molar-refractivity contribution in [2.75, 3.05) is 0 Å². The summed E-state index contributed by atoms with van der Waals surface area (Å²) in [5, 5.41) is 2.99. The Kier molecular flexibility index (Phi) is 3.54. The molecule has 0 heterocycles. The largest absolute Gasteiger partial charge is 0.353 e. The molecule has 86 valence electrons. The van der Waals surface area contributed by atoms with Crippen LogP contribution in [-0.2, 0) is 11.2 Å². The monoisotopic (exact) mass is 221 g/mol. The summed E-state index contributed by atoms with van der Waals surface area (Å²) >= 11 is 0. The zero-order valence-electron chi connectivity index (χ0n) is 9.21. The highest BCUT2D eigenvalue weighted by Crippen LogP contribution is 2.17. The van der Waals surface area contributed by atoms with Crippen molar-refractivity contribution < 1.29 is 9.18 Å². The number of hydrogen-bond acceptors (Lipinski definition) is 1. The second-order valence-electron chi connectivity index (χ2n) is 4.36. The van der Waals surface area contributed by atoms with Crippen molar-refractivity contribution in [1.29, 1.82) is 0 Å². The first kappa shape index (κ1) is 11.1. The molecule has 0 radical (unpaired) electrons. The van der Waals surface area contributed by atoms with Crippen LogP contribution >= 0.6 is 0 Å². The molecule has 3 heteroatoms. The van der Waals surface area contributed by atoms with E-state index in [1.54, 1.807) is 12.1 Å². The minimum Gasteiger partial charge on any atom is -0.353 e. The Morgan fingerprint density at radius 2 is 2.12 bits per heavy atom. The zero-order chi connectivity index (χ0) is 11.4. The van der Waals surface area contributed by atoms with E-state index in [9.17, 15) is 9.18 Å². The van der Waals surface area contributed by atoms with E-state index in [1.807, 2.05) is 0 Å². The van der Waals surface area contributed by atoms with Crippen molar-refractivity contribution in [3.05, 3.63) is 35.6 Å². The number of carbonyl (C=O) groups is 1. The van der Waals surface area contributed by atoms with Crippen molar-refractivity contribution in [1.82, 2.24) is 5.32 Å². The molecule has 2 rings (SSSR count). The van der Waals surface area contributed by atoms with Gasteiger partial charge in [0.2, 0.25) is 5.91 Å². The minimum absolute atomic E-state index is 0.00231. The van der Waals surface area contributed by atoms with Gasteiger partial charge in [-0.15, -0.1) is 0 Å². The number of hydrogen-bond donors (Lipinski definition) is 1. The second-order valence-corrected chi connectivity index (χ2v) is 4.36. The summed E-state index contributed by atoms with van der Waals surface area (Å²) in [5.74, 6) is -0.288. The summed E-state index contributed by atoms with van der Waals surface area (Å²) in [7, 11) is 0. The topological polar surface area (TPSA) is 29.1 Å². The molecule has 1 N–H and O–H groups in total. The molecule has 16 heavy (non-hydrogen) atoms. The number of rotatable bonds is 3. The van der Waals surface area contributed by atoms with Crippen molar-refractivity contribution >= 4 is 5.91 Å².